The number of amides is 2. The Morgan fingerprint density at radius 1 is 0.781 bits per heavy atom. The van der Waals surface area contributed by atoms with Crippen LogP contribution >= 0.6 is 0 Å². The summed E-state index contributed by atoms with van der Waals surface area (Å²) in [6.45, 7) is 0.433. The van der Waals surface area contributed by atoms with E-state index in [0.717, 1.165) is 37.2 Å². The highest BCUT2D eigenvalue weighted by molar-refractivity contribution is 7.92. The van der Waals surface area contributed by atoms with Gasteiger partial charge in [-0.2, -0.15) is 0 Å². The average molecular weight is 455 g/mol. The molecule has 0 heterocycles. The van der Waals surface area contributed by atoms with Crippen LogP contribution in [0.25, 0.3) is 0 Å². The van der Waals surface area contributed by atoms with Crippen molar-refractivity contribution in [3.63, 3.8) is 0 Å². The summed E-state index contributed by atoms with van der Waals surface area (Å²) in [6.07, 6.45) is 10.3. The first-order valence-electron chi connectivity index (χ1n) is 11.9. The van der Waals surface area contributed by atoms with Gasteiger partial charge in [0.05, 0.1) is 10.1 Å². The molecule has 2 saturated carbocycles. The van der Waals surface area contributed by atoms with E-state index < -0.39 is 9.84 Å². The summed E-state index contributed by atoms with van der Waals surface area (Å²) in [5.74, 6) is 1.52. The SMILES string of the molecule is O=C(NCc1ccccc1)Nc1ccc(S(=O)(=O)C2CCC(C3CCCCC3)CC2)cc1. The van der Waals surface area contributed by atoms with Gasteiger partial charge in [-0.15, -0.1) is 0 Å². The summed E-state index contributed by atoms with van der Waals surface area (Å²) in [5.41, 5.74) is 1.60. The molecule has 172 valence electrons. The Morgan fingerprint density at radius 3 is 2.06 bits per heavy atom. The first-order chi connectivity index (χ1) is 15.5. The third-order valence-electron chi connectivity index (χ3n) is 7.21. The fraction of sp³-hybridized carbons (Fsp3) is 0.500. The molecule has 0 spiro atoms. The highest BCUT2D eigenvalue weighted by Gasteiger charge is 2.34. The maximum atomic E-state index is 13.2. The molecule has 6 heteroatoms. The maximum absolute atomic E-state index is 13.2. The molecule has 2 aromatic rings. The van der Waals surface area contributed by atoms with Crippen LogP contribution in [0.4, 0.5) is 10.5 Å². The van der Waals surface area contributed by atoms with Crippen molar-refractivity contribution in [3.8, 4) is 0 Å². The van der Waals surface area contributed by atoms with Gasteiger partial charge in [-0.1, -0.05) is 62.4 Å². The monoisotopic (exact) mass is 454 g/mol. The van der Waals surface area contributed by atoms with E-state index in [0.29, 0.717) is 23.0 Å². The van der Waals surface area contributed by atoms with Crippen molar-refractivity contribution in [3.05, 3.63) is 60.2 Å². The molecule has 2 fully saturated rings. The summed E-state index contributed by atoms with van der Waals surface area (Å²) in [7, 11) is -3.34. The number of sulfone groups is 1. The predicted molar refractivity (Wildman–Crippen MR) is 128 cm³/mol. The molecule has 0 aliphatic heterocycles. The summed E-state index contributed by atoms with van der Waals surface area (Å²) in [4.78, 5) is 12.5. The highest BCUT2D eigenvalue weighted by atomic mass is 32.2. The normalized spacial score (nSPS) is 22.2. The lowest BCUT2D eigenvalue weighted by Crippen LogP contribution is -2.30. The second-order valence-electron chi connectivity index (χ2n) is 9.30. The Hall–Kier alpha value is -2.34. The number of anilines is 1. The van der Waals surface area contributed by atoms with Crippen LogP contribution in [0.15, 0.2) is 59.5 Å². The molecule has 0 saturated heterocycles. The second kappa shape index (κ2) is 10.5. The molecule has 4 rings (SSSR count). The van der Waals surface area contributed by atoms with Gasteiger partial charge in [0, 0.05) is 12.2 Å². The van der Waals surface area contributed by atoms with Crippen LogP contribution < -0.4 is 10.6 Å². The zero-order valence-electron chi connectivity index (χ0n) is 18.6. The molecule has 32 heavy (non-hydrogen) atoms. The minimum absolute atomic E-state index is 0.282. The Balaban J connectivity index is 1.29. The Labute approximate surface area is 191 Å². The predicted octanol–water partition coefficient (Wildman–Crippen LogP) is 5.92. The van der Waals surface area contributed by atoms with Crippen LogP contribution in [0.5, 0.6) is 0 Å². The number of benzene rings is 2. The van der Waals surface area contributed by atoms with Gasteiger partial charge in [-0.3, -0.25) is 0 Å². The number of nitrogens with one attached hydrogen (secondary N) is 2. The highest BCUT2D eigenvalue weighted by Crippen LogP contribution is 2.40. The van der Waals surface area contributed by atoms with E-state index in [-0.39, 0.29) is 11.3 Å². The third-order valence-corrected chi connectivity index (χ3v) is 9.49. The molecule has 0 unspecified atom stereocenters. The number of carbonyl (C=O) groups is 1. The van der Waals surface area contributed by atoms with Gasteiger partial charge in [-0.25, -0.2) is 13.2 Å². The molecule has 0 bridgehead atoms. The molecule has 2 N–H and O–H groups in total. The first kappa shape index (κ1) is 22.8. The third kappa shape index (κ3) is 5.71. The van der Waals surface area contributed by atoms with E-state index in [1.807, 2.05) is 30.3 Å². The lowest BCUT2D eigenvalue weighted by atomic mass is 9.73. The van der Waals surface area contributed by atoms with Crippen LogP contribution in [-0.4, -0.2) is 19.7 Å². The van der Waals surface area contributed by atoms with Crippen molar-refractivity contribution in [2.45, 2.75) is 74.5 Å². The van der Waals surface area contributed by atoms with Gasteiger partial charge >= 0.3 is 6.03 Å². The van der Waals surface area contributed by atoms with E-state index >= 15 is 0 Å². The minimum Gasteiger partial charge on any atom is -0.334 e. The molecule has 2 amide bonds. The molecule has 2 aliphatic rings. The van der Waals surface area contributed by atoms with Crippen molar-refractivity contribution in [1.29, 1.82) is 0 Å². The fourth-order valence-corrected chi connectivity index (χ4v) is 7.14. The van der Waals surface area contributed by atoms with Gasteiger partial charge in [0.15, 0.2) is 9.84 Å². The van der Waals surface area contributed by atoms with Crippen molar-refractivity contribution in [2.24, 2.45) is 11.8 Å². The molecule has 0 atom stereocenters. The molecule has 2 aliphatic carbocycles. The van der Waals surface area contributed by atoms with E-state index in [1.54, 1.807) is 24.3 Å². The van der Waals surface area contributed by atoms with Crippen LogP contribution in [-0.2, 0) is 16.4 Å². The Morgan fingerprint density at radius 2 is 1.41 bits per heavy atom. The van der Waals surface area contributed by atoms with Crippen LogP contribution in [0.1, 0.15) is 63.4 Å². The van der Waals surface area contributed by atoms with Crippen molar-refractivity contribution >= 4 is 21.6 Å². The average Bonchev–Trinajstić information content (AvgIpc) is 2.84. The largest absolute Gasteiger partial charge is 0.334 e. The molecule has 0 aromatic heterocycles. The summed E-state index contributed by atoms with van der Waals surface area (Å²) >= 11 is 0. The topological polar surface area (TPSA) is 75.3 Å². The Kier molecular flexibility index (Phi) is 7.51. The number of urea groups is 1. The number of carbonyl (C=O) groups excluding carboxylic acids is 1. The smallest absolute Gasteiger partial charge is 0.319 e. The van der Waals surface area contributed by atoms with Crippen LogP contribution in [0.2, 0.25) is 0 Å². The number of hydrogen-bond acceptors (Lipinski definition) is 3. The van der Waals surface area contributed by atoms with Crippen molar-refractivity contribution in [1.82, 2.24) is 5.32 Å². The lowest BCUT2D eigenvalue weighted by molar-refractivity contribution is 0.197. The number of hydrogen-bond donors (Lipinski definition) is 2. The van der Waals surface area contributed by atoms with Gasteiger partial charge < -0.3 is 10.6 Å². The summed E-state index contributed by atoms with van der Waals surface area (Å²) in [5, 5.41) is 5.29. The van der Waals surface area contributed by atoms with Crippen LogP contribution in [0.3, 0.4) is 0 Å². The van der Waals surface area contributed by atoms with Crippen molar-refractivity contribution in [2.75, 3.05) is 5.32 Å². The van der Waals surface area contributed by atoms with E-state index in [2.05, 4.69) is 10.6 Å². The van der Waals surface area contributed by atoms with Crippen LogP contribution in [0, 0.1) is 11.8 Å². The molecular formula is C26H34N2O3S. The molecule has 2 aromatic carbocycles. The van der Waals surface area contributed by atoms with E-state index in [4.69, 9.17) is 0 Å². The summed E-state index contributed by atoms with van der Waals surface area (Å²) in [6, 6.07) is 15.9. The second-order valence-corrected chi connectivity index (χ2v) is 11.5. The fourth-order valence-electron chi connectivity index (χ4n) is 5.35. The lowest BCUT2D eigenvalue weighted by Gasteiger charge is -2.35. The summed E-state index contributed by atoms with van der Waals surface area (Å²) < 4.78 is 26.3. The standard InChI is InChI=1S/C26H34N2O3S/c29-26(27-19-20-7-3-1-4-8-20)28-23-13-17-25(18-14-23)32(30,31)24-15-11-22(12-16-24)21-9-5-2-6-10-21/h1,3-4,7-8,13-14,17-18,21-22,24H,2,5-6,9-12,15-16,19H2,(H2,27,28,29). The maximum Gasteiger partial charge on any atom is 0.319 e. The van der Waals surface area contributed by atoms with E-state index in [1.165, 1.54) is 32.1 Å². The zero-order chi connectivity index (χ0) is 22.4. The van der Waals surface area contributed by atoms with Gasteiger partial charge in [0.2, 0.25) is 0 Å². The molecular weight excluding hydrogens is 420 g/mol. The minimum atomic E-state index is -3.34. The zero-order valence-corrected chi connectivity index (χ0v) is 19.4. The van der Waals surface area contributed by atoms with E-state index in [9.17, 15) is 13.2 Å². The van der Waals surface area contributed by atoms with Gasteiger partial charge in [0.1, 0.15) is 0 Å². The quantitative estimate of drug-likeness (QED) is 0.569. The van der Waals surface area contributed by atoms with Gasteiger partial charge in [0.25, 0.3) is 0 Å². The first-order valence-corrected chi connectivity index (χ1v) is 13.5. The molecule has 5 nitrogen and oxygen atoms in total. The van der Waals surface area contributed by atoms with Crippen molar-refractivity contribution < 1.29 is 13.2 Å². The Bertz CT molecular complexity index is 975. The molecule has 0 radical (unpaired) electrons. The van der Waals surface area contributed by atoms with Gasteiger partial charge in [-0.05, 0) is 67.3 Å². The number of rotatable bonds is 6.